The van der Waals surface area contributed by atoms with Crippen LogP contribution in [-0.2, 0) is 6.54 Å². The normalized spacial score (nSPS) is 19.7. The Kier molecular flexibility index (Phi) is 4.66. The quantitative estimate of drug-likeness (QED) is 0.703. The number of aromatic nitrogens is 3. The smallest absolute Gasteiger partial charge is 0.323 e. The molecule has 0 aliphatic carbocycles. The molecule has 0 radical (unpaired) electrons. The van der Waals surface area contributed by atoms with Crippen LogP contribution < -0.4 is 21.1 Å². The van der Waals surface area contributed by atoms with Gasteiger partial charge in [-0.1, -0.05) is 18.2 Å². The predicted octanol–water partition coefficient (Wildman–Crippen LogP) is 2.91. The summed E-state index contributed by atoms with van der Waals surface area (Å²) in [5.41, 5.74) is 1.81. The summed E-state index contributed by atoms with van der Waals surface area (Å²) in [7, 11) is 0. The number of benzene rings is 1. The van der Waals surface area contributed by atoms with Crippen LogP contribution in [0, 0.1) is 5.92 Å². The lowest BCUT2D eigenvalue weighted by atomic mass is 9.83. The van der Waals surface area contributed by atoms with E-state index in [4.69, 9.17) is 0 Å². The number of carbonyl (C=O) groups is 1. The van der Waals surface area contributed by atoms with Crippen LogP contribution in [0.15, 0.2) is 65.7 Å². The summed E-state index contributed by atoms with van der Waals surface area (Å²) < 4.78 is 1.82. The summed E-state index contributed by atoms with van der Waals surface area (Å²) in [5, 5.41) is 5.44. The van der Waals surface area contributed by atoms with Crippen molar-refractivity contribution in [2.24, 2.45) is 5.92 Å². The fourth-order valence-corrected chi connectivity index (χ4v) is 4.46. The minimum absolute atomic E-state index is 0.158. The Morgan fingerprint density at radius 3 is 2.53 bits per heavy atom. The van der Waals surface area contributed by atoms with Gasteiger partial charge in [-0.3, -0.25) is 4.79 Å². The number of rotatable bonds is 3. The van der Waals surface area contributed by atoms with Crippen molar-refractivity contribution in [3.63, 3.8) is 0 Å². The fourth-order valence-electron chi connectivity index (χ4n) is 4.46. The zero-order valence-electron chi connectivity index (χ0n) is 16.4. The van der Waals surface area contributed by atoms with Crippen LogP contribution in [0.3, 0.4) is 0 Å². The monoisotopic (exact) mass is 402 g/mol. The summed E-state index contributed by atoms with van der Waals surface area (Å²) in [4.78, 5) is 36.3. The number of carbonyl (C=O) groups excluding carboxylic acids is 1. The van der Waals surface area contributed by atoms with E-state index in [1.54, 1.807) is 30.6 Å². The number of para-hydroxylation sites is 1. The third-order valence-corrected chi connectivity index (χ3v) is 5.72. The first-order valence-electron chi connectivity index (χ1n) is 10.1. The molecule has 1 aromatic carbocycles. The number of hydrogen-bond acceptors (Lipinski definition) is 5. The number of nitrogens with zero attached hydrogens (tertiary/aromatic N) is 4. The molecular weight excluding hydrogens is 380 g/mol. The van der Waals surface area contributed by atoms with E-state index in [1.165, 1.54) is 0 Å². The van der Waals surface area contributed by atoms with Gasteiger partial charge in [-0.2, -0.15) is 0 Å². The van der Waals surface area contributed by atoms with Gasteiger partial charge in [0.2, 0.25) is 5.95 Å². The molecule has 30 heavy (non-hydrogen) atoms. The highest BCUT2D eigenvalue weighted by Crippen LogP contribution is 2.36. The minimum atomic E-state index is -0.428. The number of hydrogen-bond donors (Lipinski definition) is 2. The lowest BCUT2D eigenvalue weighted by Gasteiger charge is -2.42. The molecule has 0 saturated carbocycles. The van der Waals surface area contributed by atoms with Crippen molar-refractivity contribution in [3.05, 3.63) is 77.0 Å². The molecule has 2 N–H and O–H groups in total. The van der Waals surface area contributed by atoms with Gasteiger partial charge in [-0.15, -0.1) is 0 Å². The van der Waals surface area contributed by atoms with Crippen molar-refractivity contribution in [2.75, 3.05) is 28.6 Å². The Labute approximate surface area is 173 Å². The van der Waals surface area contributed by atoms with Crippen molar-refractivity contribution < 1.29 is 4.79 Å². The molecular formula is C22H22N6O2. The minimum Gasteiger partial charge on any atom is -0.340 e. The molecule has 4 heterocycles. The number of piperidine rings is 1. The molecule has 2 unspecified atom stereocenters. The zero-order valence-corrected chi connectivity index (χ0v) is 16.4. The van der Waals surface area contributed by atoms with Crippen LogP contribution in [-0.4, -0.2) is 33.7 Å². The Balaban J connectivity index is 1.36. The van der Waals surface area contributed by atoms with Gasteiger partial charge < -0.3 is 20.1 Å². The van der Waals surface area contributed by atoms with E-state index in [1.807, 2.05) is 34.9 Å². The molecule has 8 nitrogen and oxygen atoms in total. The molecule has 2 atom stereocenters. The Hall–Kier alpha value is -3.68. The second-order valence-corrected chi connectivity index (χ2v) is 7.79. The highest BCUT2D eigenvalue weighted by Gasteiger charge is 2.35. The maximum absolute atomic E-state index is 13.1. The van der Waals surface area contributed by atoms with E-state index in [9.17, 15) is 9.59 Å². The van der Waals surface area contributed by atoms with E-state index < -0.39 is 6.03 Å². The largest absolute Gasteiger partial charge is 0.340 e. The van der Waals surface area contributed by atoms with Crippen molar-refractivity contribution in [3.8, 4) is 0 Å². The summed E-state index contributed by atoms with van der Waals surface area (Å²) in [5.74, 6) is 1.31. The lowest BCUT2D eigenvalue weighted by molar-refractivity contribution is 0.262. The lowest BCUT2D eigenvalue weighted by Crippen LogP contribution is -2.48. The number of amides is 2. The van der Waals surface area contributed by atoms with Crippen LogP contribution in [0.1, 0.15) is 18.0 Å². The van der Waals surface area contributed by atoms with Gasteiger partial charge in [-0.25, -0.2) is 14.8 Å². The van der Waals surface area contributed by atoms with Crippen molar-refractivity contribution in [1.29, 1.82) is 0 Å². The van der Waals surface area contributed by atoms with Crippen LogP contribution in [0.4, 0.5) is 22.1 Å². The molecule has 1 fully saturated rings. The molecule has 2 amide bonds. The van der Waals surface area contributed by atoms with Crippen LogP contribution in [0.2, 0.25) is 0 Å². The topological polar surface area (TPSA) is 92.2 Å². The highest BCUT2D eigenvalue weighted by molar-refractivity contribution is 5.99. The third kappa shape index (κ3) is 3.52. The van der Waals surface area contributed by atoms with Crippen molar-refractivity contribution in [2.45, 2.75) is 18.9 Å². The third-order valence-electron chi connectivity index (χ3n) is 5.72. The fraction of sp³-hybridized carbons (Fsp3) is 0.273. The maximum Gasteiger partial charge on any atom is 0.323 e. The average molecular weight is 402 g/mol. The van der Waals surface area contributed by atoms with Crippen molar-refractivity contribution >= 4 is 23.4 Å². The Bertz CT molecular complexity index is 1120. The Morgan fingerprint density at radius 2 is 1.73 bits per heavy atom. The molecule has 2 aromatic heterocycles. The Morgan fingerprint density at radius 1 is 0.933 bits per heavy atom. The van der Waals surface area contributed by atoms with Crippen LogP contribution in [0.25, 0.3) is 0 Å². The SMILES string of the molecule is O=C(Nc1ccccc1)Nc1ccc2n(c1=O)CC1CC2CN(c2ncccn2)C1. The first-order chi connectivity index (χ1) is 14.7. The molecule has 0 spiro atoms. The standard InChI is InChI=1S/C22H22N6O2/c29-20-18(26-22(30)25-17-5-2-1-3-6-17)7-8-19-16-11-15(13-28(19)20)12-27(14-16)21-23-9-4-10-24-21/h1-10,15-16H,11-14H2,(H2,25,26,30). The van der Waals surface area contributed by atoms with Crippen LogP contribution in [0.5, 0.6) is 0 Å². The van der Waals surface area contributed by atoms with Crippen LogP contribution >= 0.6 is 0 Å². The molecule has 2 bridgehead atoms. The number of nitrogens with one attached hydrogen (secondary N) is 2. The van der Waals surface area contributed by atoms with E-state index in [-0.39, 0.29) is 17.2 Å². The van der Waals surface area contributed by atoms with Gasteiger partial charge in [0.05, 0.1) is 0 Å². The first-order valence-corrected chi connectivity index (χ1v) is 10.1. The zero-order chi connectivity index (χ0) is 20.5. The molecule has 2 aliphatic heterocycles. The average Bonchev–Trinajstić information content (AvgIpc) is 2.77. The van der Waals surface area contributed by atoms with E-state index in [0.29, 0.717) is 18.2 Å². The number of urea groups is 1. The first kappa shape index (κ1) is 18.4. The molecule has 2 aliphatic rings. The van der Waals surface area contributed by atoms with Crippen molar-refractivity contribution in [1.82, 2.24) is 14.5 Å². The molecule has 8 heteroatoms. The maximum atomic E-state index is 13.1. The molecule has 1 saturated heterocycles. The van der Waals surface area contributed by atoms with Gasteiger partial charge in [-0.05, 0) is 42.7 Å². The van der Waals surface area contributed by atoms with E-state index >= 15 is 0 Å². The second kappa shape index (κ2) is 7.62. The molecule has 5 rings (SSSR count). The molecule has 152 valence electrons. The van der Waals surface area contributed by atoms with Gasteiger partial charge >= 0.3 is 6.03 Å². The summed E-state index contributed by atoms with van der Waals surface area (Å²) in [6.45, 7) is 2.23. The number of anilines is 3. The van der Waals surface area contributed by atoms with E-state index in [0.717, 1.165) is 31.2 Å². The number of fused-ring (bicyclic) bond motifs is 4. The van der Waals surface area contributed by atoms with Gasteiger partial charge in [0.1, 0.15) is 5.69 Å². The number of pyridine rings is 1. The van der Waals surface area contributed by atoms with Gasteiger partial charge in [0, 0.05) is 49.3 Å². The summed E-state index contributed by atoms with van der Waals surface area (Å²) >= 11 is 0. The predicted molar refractivity (Wildman–Crippen MR) is 115 cm³/mol. The highest BCUT2D eigenvalue weighted by atomic mass is 16.2. The van der Waals surface area contributed by atoms with Gasteiger partial charge in [0.25, 0.3) is 5.56 Å². The second-order valence-electron chi connectivity index (χ2n) is 7.79. The molecule has 3 aromatic rings. The van der Waals surface area contributed by atoms with Gasteiger partial charge in [0.15, 0.2) is 0 Å². The summed E-state index contributed by atoms with van der Waals surface area (Å²) in [6.07, 6.45) is 4.55. The summed E-state index contributed by atoms with van der Waals surface area (Å²) in [6, 6.07) is 14.2. The van der Waals surface area contributed by atoms with E-state index in [2.05, 4.69) is 25.5 Å².